The minimum Gasteiger partial charge on any atom is -0.258 e. The number of thiazole rings is 1. The van der Waals surface area contributed by atoms with Crippen molar-refractivity contribution in [1.29, 1.82) is 0 Å². The van der Waals surface area contributed by atoms with Gasteiger partial charge in [0.25, 0.3) is 5.69 Å². The van der Waals surface area contributed by atoms with Crippen LogP contribution < -0.4 is 0 Å². The zero-order valence-electron chi connectivity index (χ0n) is 12.5. The number of nitrogens with zero attached hydrogens (tertiary/aromatic N) is 3. The predicted molar refractivity (Wildman–Crippen MR) is 86.2 cm³/mol. The first-order chi connectivity index (χ1) is 11.8. The molecule has 0 aliphatic rings. The summed E-state index contributed by atoms with van der Waals surface area (Å²) in [4.78, 5) is 18.4. The average Bonchev–Trinajstić information content (AvgIpc) is 3.03. The molecule has 0 aliphatic heterocycles. The quantitative estimate of drug-likeness (QED) is 0.495. The fraction of sp³-hybridized carbons (Fsp3) is 0.125. The number of hydrogen-bond acceptors (Lipinski definition) is 5. The van der Waals surface area contributed by atoms with Crippen LogP contribution in [0.25, 0.3) is 11.3 Å². The Labute approximate surface area is 144 Å². The second-order valence-electron chi connectivity index (χ2n) is 5.19. The summed E-state index contributed by atoms with van der Waals surface area (Å²) >= 11 is 1.28. The van der Waals surface area contributed by atoms with E-state index in [4.69, 9.17) is 0 Å². The maximum Gasteiger partial charge on any atom is 0.416 e. The lowest BCUT2D eigenvalue weighted by molar-refractivity contribution is -0.385. The molecule has 5 nitrogen and oxygen atoms in total. The number of hydrogen-bond donors (Lipinski definition) is 0. The highest BCUT2D eigenvalue weighted by Gasteiger charge is 2.30. The van der Waals surface area contributed by atoms with Crippen molar-refractivity contribution in [3.63, 3.8) is 0 Å². The molecule has 0 saturated carbocycles. The first-order valence-corrected chi connectivity index (χ1v) is 7.91. The van der Waals surface area contributed by atoms with Gasteiger partial charge in [0.2, 0.25) is 0 Å². The number of pyridine rings is 1. The number of halogens is 3. The van der Waals surface area contributed by atoms with Gasteiger partial charge in [0.1, 0.15) is 6.20 Å². The zero-order valence-corrected chi connectivity index (χ0v) is 13.3. The third kappa shape index (κ3) is 4.00. The summed E-state index contributed by atoms with van der Waals surface area (Å²) < 4.78 is 38.3. The molecular formula is C16H10F3N3O2S. The first-order valence-electron chi connectivity index (χ1n) is 7.03. The SMILES string of the molecule is O=[N+]([O-])c1cncc(-c2csc(Cc3cccc(C(F)(F)F)c3)n2)c1. The molecule has 0 fully saturated rings. The van der Waals surface area contributed by atoms with Crippen molar-refractivity contribution in [2.45, 2.75) is 12.6 Å². The van der Waals surface area contributed by atoms with Crippen LogP contribution >= 0.6 is 11.3 Å². The molecule has 0 N–H and O–H groups in total. The Bertz CT molecular complexity index is 925. The van der Waals surface area contributed by atoms with Crippen molar-refractivity contribution in [2.24, 2.45) is 0 Å². The number of benzene rings is 1. The van der Waals surface area contributed by atoms with Crippen LogP contribution in [0.2, 0.25) is 0 Å². The van der Waals surface area contributed by atoms with Crippen molar-refractivity contribution in [1.82, 2.24) is 9.97 Å². The third-order valence-electron chi connectivity index (χ3n) is 3.39. The average molecular weight is 365 g/mol. The van der Waals surface area contributed by atoms with E-state index in [2.05, 4.69) is 9.97 Å². The smallest absolute Gasteiger partial charge is 0.258 e. The normalized spacial score (nSPS) is 11.5. The molecule has 0 atom stereocenters. The Morgan fingerprint density at radius 3 is 2.72 bits per heavy atom. The van der Waals surface area contributed by atoms with Gasteiger partial charge >= 0.3 is 6.18 Å². The Kier molecular flexibility index (Phi) is 4.49. The van der Waals surface area contributed by atoms with E-state index in [9.17, 15) is 23.3 Å². The van der Waals surface area contributed by atoms with Gasteiger partial charge in [-0.2, -0.15) is 13.2 Å². The van der Waals surface area contributed by atoms with E-state index in [0.29, 0.717) is 21.8 Å². The summed E-state index contributed by atoms with van der Waals surface area (Å²) in [5.41, 5.74) is 0.631. The highest BCUT2D eigenvalue weighted by molar-refractivity contribution is 7.10. The van der Waals surface area contributed by atoms with Gasteiger partial charge in [0, 0.05) is 29.6 Å². The van der Waals surface area contributed by atoms with Crippen molar-refractivity contribution < 1.29 is 18.1 Å². The molecule has 0 saturated heterocycles. The standard InChI is InChI=1S/C16H10F3N3O2S/c17-16(18,19)12-3-1-2-10(4-12)5-15-21-14(9-25-15)11-6-13(22(23)24)8-20-7-11/h1-4,6-9H,5H2. The van der Waals surface area contributed by atoms with Gasteiger partial charge in [-0.25, -0.2) is 4.98 Å². The molecule has 0 bridgehead atoms. The molecule has 0 radical (unpaired) electrons. The topological polar surface area (TPSA) is 68.9 Å². The number of nitro groups is 1. The molecule has 2 aromatic heterocycles. The minimum atomic E-state index is -4.39. The Balaban J connectivity index is 1.83. The molecular weight excluding hydrogens is 355 g/mol. The molecule has 0 spiro atoms. The van der Waals surface area contributed by atoms with Crippen LogP contribution in [0.1, 0.15) is 16.1 Å². The van der Waals surface area contributed by atoms with Crippen molar-refractivity contribution in [3.8, 4) is 11.3 Å². The Hall–Kier alpha value is -2.81. The summed E-state index contributed by atoms with van der Waals surface area (Å²) in [6.45, 7) is 0. The number of alkyl halides is 3. The monoisotopic (exact) mass is 365 g/mol. The van der Waals surface area contributed by atoms with E-state index in [1.165, 1.54) is 29.7 Å². The largest absolute Gasteiger partial charge is 0.416 e. The van der Waals surface area contributed by atoms with Crippen molar-refractivity contribution in [3.05, 3.63) is 74.4 Å². The maximum atomic E-state index is 12.8. The molecule has 0 aliphatic carbocycles. The fourth-order valence-corrected chi connectivity index (χ4v) is 3.06. The van der Waals surface area contributed by atoms with Crippen molar-refractivity contribution in [2.75, 3.05) is 0 Å². The molecule has 2 heterocycles. The van der Waals surface area contributed by atoms with Gasteiger partial charge in [0.15, 0.2) is 0 Å². The maximum absolute atomic E-state index is 12.8. The Morgan fingerprint density at radius 1 is 1.20 bits per heavy atom. The fourth-order valence-electron chi connectivity index (χ4n) is 2.22. The van der Waals surface area contributed by atoms with Crippen LogP contribution in [0.3, 0.4) is 0 Å². The van der Waals surface area contributed by atoms with Gasteiger partial charge in [-0.3, -0.25) is 15.1 Å². The summed E-state index contributed by atoms with van der Waals surface area (Å²) in [6, 6.07) is 6.43. The van der Waals surface area contributed by atoms with E-state index in [1.54, 1.807) is 11.4 Å². The lowest BCUT2D eigenvalue weighted by Gasteiger charge is -2.07. The molecule has 1 aromatic carbocycles. The predicted octanol–water partition coefficient (Wildman–Crippen LogP) is 4.72. The highest BCUT2D eigenvalue weighted by Crippen LogP contribution is 2.31. The molecule has 3 aromatic rings. The second kappa shape index (κ2) is 6.60. The Morgan fingerprint density at radius 2 is 2.00 bits per heavy atom. The van der Waals surface area contributed by atoms with E-state index < -0.39 is 16.7 Å². The van der Waals surface area contributed by atoms with Gasteiger partial charge < -0.3 is 0 Å². The molecule has 0 amide bonds. The van der Waals surface area contributed by atoms with E-state index >= 15 is 0 Å². The third-order valence-corrected chi connectivity index (χ3v) is 4.24. The van der Waals surface area contributed by atoms with Crippen LogP contribution in [0.4, 0.5) is 18.9 Å². The van der Waals surface area contributed by atoms with Gasteiger partial charge in [-0.05, 0) is 11.6 Å². The molecule has 3 rings (SSSR count). The van der Waals surface area contributed by atoms with Gasteiger partial charge in [-0.1, -0.05) is 18.2 Å². The van der Waals surface area contributed by atoms with E-state index in [0.717, 1.165) is 18.3 Å². The van der Waals surface area contributed by atoms with E-state index in [-0.39, 0.29) is 12.1 Å². The minimum absolute atomic E-state index is 0.148. The number of aromatic nitrogens is 2. The number of rotatable bonds is 4. The first kappa shape index (κ1) is 17.0. The molecule has 9 heteroatoms. The molecule has 25 heavy (non-hydrogen) atoms. The summed E-state index contributed by atoms with van der Waals surface area (Å²) in [5.74, 6) is 0. The molecule has 0 unspecified atom stereocenters. The van der Waals surface area contributed by atoms with Crippen LogP contribution in [0.5, 0.6) is 0 Å². The highest BCUT2D eigenvalue weighted by atomic mass is 32.1. The zero-order chi connectivity index (χ0) is 18.0. The van der Waals surface area contributed by atoms with Crippen LogP contribution in [-0.2, 0) is 12.6 Å². The summed E-state index contributed by atoms with van der Waals surface area (Å²) in [6.07, 6.45) is -1.55. The lowest BCUT2D eigenvalue weighted by Crippen LogP contribution is -2.05. The lowest BCUT2D eigenvalue weighted by atomic mass is 10.1. The summed E-state index contributed by atoms with van der Waals surface area (Å²) in [5, 5.41) is 13.1. The van der Waals surface area contributed by atoms with E-state index in [1.807, 2.05) is 0 Å². The second-order valence-corrected chi connectivity index (χ2v) is 6.13. The van der Waals surface area contributed by atoms with Gasteiger partial charge in [0.05, 0.1) is 21.2 Å². The van der Waals surface area contributed by atoms with Gasteiger partial charge in [-0.15, -0.1) is 11.3 Å². The van der Waals surface area contributed by atoms with Crippen LogP contribution in [0.15, 0.2) is 48.1 Å². The van der Waals surface area contributed by atoms with Crippen LogP contribution in [-0.4, -0.2) is 14.9 Å². The van der Waals surface area contributed by atoms with Crippen molar-refractivity contribution >= 4 is 17.0 Å². The van der Waals surface area contributed by atoms with Crippen LogP contribution in [0, 0.1) is 10.1 Å². The summed E-state index contributed by atoms with van der Waals surface area (Å²) in [7, 11) is 0. The molecule has 128 valence electrons.